The van der Waals surface area contributed by atoms with Crippen molar-refractivity contribution in [2.75, 3.05) is 0 Å². The average Bonchev–Trinajstić information content (AvgIpc) is 2.07. The Hall–Kier alpha value is -1.62. The van der Waals surface area contributed by atoms with E-state index in [1.165, 1.54) is 0 Å². The molecular formula is C11H12N2. The Morgan fingerprint density at radius 3 is 2.92 bits per heavy atom. The molecule has 0 spiro atoms. The van der Waals surface area contributed by atoms with Crippen molar-refractivity contribution in [2.24, 2.45) is 0 Å². The molecule has 1 heterocycles. The number of aryl methyl sites for hydroxylation is 1. The maximum absolute atomic E-state index is 8.85. The van der Waals surface area contributed by atoms with Gasteiger partial charge in [-0.1, -0.05) is 12.2 Å². The first-order valence-corrected chi connectivity index (χ1v) is 4.13. The Bertz CT molecular complexity index is 372. The second-order valence-electron chi connectivity index (χ2n) is 3.23. The molecule has 66 valence electrons. The number of aromatic nitrogens is 1. The van der Waals surface area contributed by atoms with E-state index in [1.807, 2.05) is 13.8 Å². The van der Waals surface area contributed by atoms with Crippen molar-refractivity contribution in [1.29, 1.82) is 5.26 Å². The Kier molecular flexibility index (Phi) is 2.81. The van der Waals surface area contributed by atoms with E-state index in [-0.39, 0.29) is 0 Å². The van der Waals surface area contributed by atoms with Crippen molar-refractivity contribution in [1.82, 2.24) is 4.98 Å². The number of nitriles is 1. The minimum absolute atomic E-state index is 0.704. The summed E-state index contributed by atoms with van der Waals surface area (Å²) >= 11 is 0. The molecule has 1 aromatic rings. The molecule has 0 saturated carbocycles. The molecule has 1 rings (SSSR count). The van der Waals surface area contributed by atoms with Crippen LogP contribution in [0.1, 0.15) is 23.7 Å². The van der Waals surface area contributed by atoms with Crippen LogP contribution in [0, 0.1) is 18.3 Å². The van der Waals surface area contributed by atoms with Gasteiger partial charge in [0.25, 0.3) is 0 Å². The second-order valence-corrected chi connectivity index (χ2v) is 3.23. The molecule has 0 saturated heterocycles. The van der Waals surface area contributed by atoms with Crippen molar-refractivity contribution < 1.29 is 0 Å². The van der Waals surface area contributed by atoms with E-state index in [0.717, 1.165) is 23.3 Å². The molecule has 2 heteroatoms. The summed E-state index contributed by atoms with van der Waals surface area (Å²) in [6.07, 6.45) is 2.48. The van der Waals surface area contributed by atoms with Crippen LogP contribution in [0.4, 0.5) is 0 Å². The summed E-state index contributed by atoms with van der Waals surface area (Å²) in [6.45, 7) is 7.64. The van der Waals surface area contributed by atoms with Crippen LogP contribution in [-0.2, 0) is 6.42 Å². The van der Waals surface area contributed by atoms with Gasteiger partial charge in [0.2, 0.25) is 0 Å². The normalized spacial score (nSPS) is 9.31. The van der Waals surface area contributed by atoms with Gasteiger partial charge in [0.1, 0.15) is 0 Å². The lowest BCUT2D eigenvalue weighted by Gasteiger charge is -2.03. The fraction of sp³-hybridized carbons (Fsp3) is 0.273. The lowest BCUT2D eigenvalue weighted by Crippen LogP contribution is -1.94. The van der Waals surface area contributed by atoms with E-state index in [9.17, 15) is 0 Å². The highest BCUT2D eigenvalue weighted by atomic mass is 14.7. The molecule has 0 aliphatic carbocycles. The van der Waals surface area contributed by atoms with Gasteiger partial charge in [-0.2, -0.15) is 5.26 Å². The van der Waals surface area contributed by atoms with E-state index in [4.69, 9.17) is 5.26 Å². The van der Waals surface area contributed by atoms with Gasteiger partial charge in [-0.15, -0.1) is 0 Å². The quantitative estimate of drug-likeness (QED) is 0.642. The van der Waals surface area contributed by atoms with E-state index in [1.54, 1.807) is 12.3 Å². The molecular weight excluding hydrogens is 160 g/mol. The minimum atomic E-state index is 0.704. The van der Waals surface area contributed by atoms with E-state index >= 15 is 0 Å². The van der Waals surface area contributed by atoms with Gasteiger partial charge < -0.3 is 0 Å². The van der Waals surface area contributed by atoms with Crippen LogP contribution >= 0.6 is 0 Å². The van der Waals surface area contributed by atoms with E-state index in [2.05, 4.69) is 17.6 Å². The second kappa shape index (κ2) is 3.86. The molecule has 0 bridgehead atoms. The molecule has 0 aliphatic heterocycles. The molecule has 0 unspecified atom stereocenters. The first-order valence-electron chi connectivity index (χ1n) is 4.13. The van der Waals surface area contributed by atoms with Gasteiger partial charge in [0, 0.05) is 11.9 Å². The van der Waals surface area contributed by atoms with Gasteiger partial charge in [-0.25, -0.2) is 0 Å². The first kappa shape index (κ1) is 9.47. The van der Waals surface area contributed by atoms with Crippen LogP contribution in [0.3, 0.4) is 0 Å². The van der Waals surface area contributed by atoms with Crippen LogP contribution in [0.15, 0.2) is 24.4 Å². The number of pyridine rings is 1. The Labute approximate surface area is 78.5 Å². The number of hydrogen-bond acceptors (Lipinski definition) is 2. The molecule has 0 aromatic carbocycles. The summed E-state index contributed by atoms with van der Waals surface area (Å²) in [7, 11) is 0. The van der Waals surface area contributed by atoms with Crippen LogP contribution in [0.25, 0.3) is 0 Å². The zero-order chi connectivity index (χ0) is 9.84. The highest BCUT2D eigenvalue weighted by Gasteiger charge is 2.02. The molecule has 0 atom stereocenters. The molecule has 0 radical (unpaired) electrons. The van der Waals surface area contributed by atoms with Crippen molar-refractivity contribution in [3.8, 4) is 6.07 Å². The third kappa shape index (κ3) is 2.41. The number of nitrogens with zero attached hydrogens (tertiary/aromatic N) is 2. The zero-order valence-corrected chi connectivity index (χ0v) is 7.96. The fourth-order valence-electron chi connectivity index (χ4n) is 1.16. The average molecular weight is 172 g/mol. The molecule has 0 fully saturated rings. The van der Waals surface area contributed by atoms with Crippen molar-refractivity contribution in [3.63, 3.8) is 0 Å². The number of hydrogen-bond donors (Lipinski definition) is 0. The SMILES string of the molecule is C=C(C)Cc1cnc(C)cc1C#N. The lowest BCUT2D eigenvalue weighted by molar-refractivity contribution is 1.08. The van der Waals surface area contributed by atoms with Crippen LogP contribution in [0.5, 0.6) is 0 Å². The Balaban J connectivity index is 3.08. The van der Waals surface area contributed by atoms with Gasteiger partial charge in [0.05, 0.1) is 11.6 Å². The molecule has 0 N–H and O–H groups in total. The van der Waals surface area contributed by atoms with Gasteiger partial charge in [-0.05, 0) is 31.9 Å². The van der Waals surface area contributed by atoms with Gasteiger partial charge in [-0.3, -0.25) is 4.98 Å². The smallest absolute Gasteiger partial charge is 0.0995 e. The molecule has 13 heavy (non-hydrogen) atoms. The summed E-state index contributed by atoms with van der Waals surface area (Å²) in [5.41, 5.74) is 3.58. The van der Waals surface area contributed by atoms with Crippen LogP contribution in [-0.4, -0.2) is 4.98 Å². The summed E-state index contributed by atoms with van der Waals surface area (Å²) < 4.78 is 0. The predicted octanol–water partition coefficient (Wildman–Crippen LogP) is 2.38. The standard InChI is InChI=1S/C11H12N2/c1-8(2)4-11-7-13-9(3)5-10(11)6-12/h5,7H,1,4H2,2-3H3. The predicted molar refractivity (Wildman–Crippen MR) is 52.2 cm³/mol. The van der Waals surface area contributed by atoms with E-state index < -0.39 is 0 Å². The third-order valence-corrected chi connectivity index (χ3v) is 1.74. The van der Waals surface area contributed by atoms with Crippen molar-refractivity contribution >= 4 is 0 Å². The highest BCUT2D eigenvalue weighted by Crippen LogP contribution is 2.11. The molecule has 0 amide bonds. The summed E-state index contributed by atoms with van der Waals surface area (Å²) in [5.74, 6) is 0. The minimum Gasteiger partial charge on any atom is -0.261 e. The monoisotopic (exact) mass is 172 g/mol. The van der Waals surface area contributed by atoms with E-state index in [0.29, 0.717) is 5.56 Å². The van der Waals surface area contributed by atoms with Crippen LogP contribution < -0.4 is 0 Å². The van der Waals surface area contributed by atoms with Gasteiger partial charge in [0.15, 0.2) is 0 Å². The zero-order valence-electron chi connectivity index (χ0n) is 7.96. The van der Waals surface area contributed by atoms with Crippen molar-refractivity contribution in [3.05, 3.63) is 41.2 Å². The molecule has 2 nitrogen and oxygen atoms in total. The van der Waals surface area contributed by atoms with Crippen molar-refractivity contribution in [2.45, 2.75) is 20.3 Å². The summed E-state index contributed by atoms with van der Waals surface area (Å²) in [4.78, 5) is 4.15. The first-order chi connectivity index (χ1) is 6.13. The number of allylic oxidation sites excluding steroid dienone is 1. The maximum Gasteiger partial charge on any atom is 0.0995 e. The maximum atomic E-state index is 8.85. The summed E-state index contributed by atoms with van der Waals surface area (Å²) in [5, 5.41) is 8.85. The Morgan fingerprint density at radius 2 is 2.38 bits per heavy atom. The topological polar surface area (TPSA) is 36.7 Å². The van der Waals surface area contributed by atoms with Gasteiger partial charge >= 0.3 is 0 Å². The highest BCUT2D eigenvalue weighted by molar-refractivity contribution is 5.38. The largest absolute Gasteiger partial charge is 0.261 e. The third-order valence-electron chi connectivity index (χ3n) is 1.74. The molecule has 1 aromatic heterocycles. The fourth-order valence-corrected chi connectivity index (χ4v) is 1.16. The van der Waals surface area contributed by atoms with Crippen LogP contribution in [0.2, 0.25) is 0 Å². The number of rotatable bonds is 2. The molecule has 0 aliphatic rings. The Morgan fingerprint density at radius 1 is 1.69 bits per heavy atom. The summed E-state index contributed by atoms with van der Waals surface area (Å²) in [6, 6.07) is 3.96. The lowest BCUT2D eigenvalue weighted by atomic mass is 10.0.